The van der Waals surface area contributed by atoms with Crippen LogP contribution in [0.2, 0.25) is 0 Å². The van der Waals surface area contributed by atoms with E-state index in [4.69, 9.17) is 5.73 Å². The van der Waals surface area contributed by atoms with Crippen molar-refractivity contribution in [2.45, 2.75) is 59.8 Å². The van der Waals surface area contributed by atoms with Gasteiger partial charge in [0, 0.05) is 13.1 Å². The predicted molar refractivity (Wildman–Crippen MR) is 76.1 cm³/mol. The highest BCUT2D eigenvalue weighted by Gasteiger charge is 2.30. The Bertz CT molecular complexity index is 215. The molecule has 2 nitrogen and oxygen atoms in total. The van der Waals surface area contributed by atoms with Gasteiger partial charge in [-0.25, -0.2) is 0 Å². The third-order valence-corrected chi connectivity index (χ3v) is 4.45. The summed E-state index contributed by atoms with van der Waals surface area (Å²) in [5, 5.41) is 3.63. The van der Waals surface area contributed by atoms with Crippen LogP contribution >= 0.6 is 0 Å². The highest BCUT2D eigenvalue weighted by Crippen LogP contribution is 2.37. The summed E-state index contributed by atoms with van der Waals surface area (Å²) in [6.45, 7) is 12.2. The SMILES string of the molecule is CC(C)(CN)CNCC(C)(C)C1CCCCC1. The number of nitrogens with two attached hydrogens (primary N) is 1. The van der Waals surface area contributed by atoms with Gasteiger partial charge in [0.25, 0.3) is 0 Å². The van der Waals surface area contributed by atoms with E-state index >= 15 is 0 Å². The minimum atomic E-state index is 0.225. The summed E-state index contributed by atoms with van der Waals surface area (Å²) in [5.41, 5.74) is 6.42. The van der Waals surface area contributed by atoms with E-state index in [0.29, 0.717) is 5.41 Å². The lowest BCUT2D eigenvalue weighted by atomic mass is 9.71. The van der Waals surface area contributed by atoms with E-state index in [2.05, 4.69) is 33.0 Å². The van der Waals surface area contributed by atoms with Crippen molar-refractivity contribution in [2.75, 3.05) is 19.6 Å². The van der Waals surface area contributed by atoms with Crippen LogP contribution in [-0.4, -0.2) is 19.6 Å². The summed E-state index contributed by atoms with van der Waals surface area (Å²) in [5.74, 6) is 0.907. The Kier molecular flexibility index (Phi) is 5.46. The monoisotopic (exact) mass is 240 g/mol. The maximum atomic E-state index is 5.76. The minimum absolute atomic E-state index is 0.225. The topological polar surface area (TPSA) is 38.0 Å². The van der Waals surface area contributed by atoms with E-state index in [0.717, 1.165) is 25.6 Å². The average molecular weight is 240 g/mol. The standard InChI is InChI=1S/C15H32N2/c1-14(2,10-16)11-17-12-15(3,4)13-8-6-5-7-9-13/h13,17H,5-12,16H2,1-4H3. The fraction of sp³-hybridized carbons (Fsp3) is 1.00. The number of nitrogens with one attached hydrogen (secondary N) is 1. The molecule has 0 spiro atoms. The number of hydrogen-bond donors (Lipinski definition) is 2. The second-order valence-electron chi connectivity index (χ2n) is 7.30. The van der Waals surface area contributed by atoms with E-state index in [1.807, 2.05) is 0 Å². The Balaban J connectivity index is 2.33. The molecule has 0 aromatic rings. The number of hydrogen-bond acceptors (Lipinski definition) is 2. The Labute approximate surface area is 108 Å². The van der Waals surface area contributed by atoms with Crippen LogP contribution in [0.5, 0.6) is 0 Å². The first-order chi connectivity index (χ1) is 7.87. The summed E-state index contributed by atoms with van der Waals surface area (Å²) in [4.78, 5) is 0. The second-order valence-corrected chi connectivity index (χ2v) is 7.30. The lowest BCUT2D eigenvalue weighted by Crippen LogP contribution is -2.42. The van der Waals surface area contributed by atoms with Gasteiger partial charge in [0.1, 0.15) is 0 Å². The van der Waals surface area contributed by atoms with Gasteiger partial charge >= 0.3 is 0 Å². The van der Waals surface area contributed by atoms with Gasteiger partial charge in [-0.2, -0.15) is 0 Å². The largest absolute Gasteiger partial charge is 0.330 e. The van der Waals surface area contributed by atoms with Gasteiger partial charge in [-0.1, -0.05) is 47.0 Å². The third-order valence-electron chi connectivity index (χ3n) is 4.45. The van der Waals surface area contributed by atoms with Crippen LogP contribution < -0.4 is 11.1 Å². The van der Waals surface area contributed by atoms with Gasteiger partial charge in [-0.05, 0) is 36.1 Å². The molecule has 0 radical (unpaired) electrons. The van der Waals surface area contributed by atoms with E-state index in [1.54, 1.807) is 0 Å². The molecule has 0 atom stereocenters. The first kappa shape index (κ1) is 15.0. The van der Waals surface area contributed by atoms with Gasteiger partial charge < -0.3 is 11.1 Å². The normalized spacial score (nSPS) is 19.6. The molecule has 1 saturated carbocycles. The Hall–Kier alpha value is -0.0800. The Morgan fingerprint density at radius 2 is 1.59 bits per heavy atom. The van der Waals surface area contributed by atoms with Crippen LogP contribution in [0.3, 0.4) is 0 Å². The molecule has 0 bridgehead atoms. The Morgan fingerprint density at radius 1 is 1.00 bits per heavy atom. The van der Waals surface area contributed by atoms with E-state index in [-0.39, 0.29) is 5.41 Å². The van der Waals surface area contributed by atoms with Crippen molar-refractivity contribution in [3.05, 3.63) is 0 Å². The molecule has 1 aliphatic carbocycles. The van der Waals surface area contributed by atoms with Crippen LogP contribution in [-0.2, 0) is 0 Å². The first-order valence-electron chi connectivity index (χ1n) is 7.28. The van der Waals surface area contributed by atoms with Crippen LogP contribution in [0.25, 0.3) is 0 Å². The molecule has 0 amide bonds. The van der Waals surface area contributed by atoms with Gasteiger partial charge in [0.2, 0.25) is 0 Å². The van der Waals surface area contributed by atoms with Crippen LogP contribution in [0, 0.1) is 16.7 Å². The molecule has 1 aliphatic rings. The molecule has 2 heteroatoms. The summed E-state index contributed by atoms with van der Waals surface area (Å²) in [6, 6.07) is 0. The van der Waals surface area contributed by atoms with Crippen molar-refractivity contribution >= 4 is 0 Å². The Morgan fingerprint density at radius 3 is 2.12 bits per heavy atom. The minimum Gasteiger partial charge on any atom is -0.330 e. The lowest BCUT2D eigenvalue weighted by molar-refractivity contribution is 0.149. The molecule has 1 fully saturated rings. The van der Waals surface area contributed by atoms with Crippen molar-refractivity contribution in [2.24, 2.45) is 22.5 Å². The van der Waals surface area contributed by atoms with Crippen molar-refractivity contribution in [1.82, 2.24) is 5.32 Å². The van der Waals surface area contributed by atoms with Crippen molar-refractivity contribution in [3.63, 3.8) is 0 Å². The fourth-order valence-corrected chi connectivity index (χ4v) is 2.82. The molecular formula is C15H32N2. The van der Waals surface area contributed by atoms with E-state index in [1.165, 1.54) is 32.1 Å². The third kappa shape index (κ3) is 4.97. The van der Waals surface area contributed by atoms with Gasteiger partial charge in [0.05, 0.1) is 0 Å². The molecule has 3 N–H and O–H groups in total. The van der Waals surface area contributed by atoms with E-state index in [9.17, 15) is 0 Å². The highest BCUT2D eigenvalue weighted by atomic mass is 14.9. The maximum Gasteiger partial charge on any atom is 0.00148 e. The molecule has 0 aromatic carbocycles. The zero-order chi connectivity index (χ0) is 12.9. The molecule has 1 rings (SSSR count). The smallest absolute Gasteiger partial charge is 0.00148 e. The summed E-state index contributed by atoms with van der Waals surface area (Å²) in [6.07, 6.45) is 7.16. The summed E-state index contributed by atoms with van der Waals surface area (Å²) in [7, 11) is 0. The molecule has 102 valence electrons. The zero-order valence-electron chi connectivity index (χ0n) is 12.3. The summed E-state index contributed by atoms with van der Waals surface area (Å²) < 4.78 is 0. The second kappa shape index (κ2) is 6.19. The lowest BCUT2D eigenvalue weighted by Gasteiger charge is -2.38. The molecule has 0 aliphatic heterocycles. The van der Waals surface area contributed by atoms with Crippen LogP contribution in [0.1, 0.15) is 59.8 Å². The van der Waals surface area contributed by atoms with Crippen molar-refractivity contribution in [1.29, 1.82) is 0 Å². The fourth-order valence-electron chi connectivity index (χ4n) is 2.82. The van der Waals surface area contributed by atoms with Gasteiger partial charge in [-0.15, -0.1) is 0 Å². The maximum absolute atomic E-state index is 5.76. The van der Waals surface area contributed by atoms with E-state index < -0.39 is 0 Å². The van der Waals surface area contributed by atoms with Gasteiger partial charge in [-0.3, -0.25) is 0 Å². The highest BCUT2D eigenvalue weighted by molar-refractivity contribution is 4.84. The molecule has 0 saturated heterocycles. The first-order valence-corrected chi connectivity index (χ1v) is 7.28. The quantitative estimate of drug-likeness (QED) is 0.748. The summed E-state index contributed by atoms with van der Waals surface area (Å²) >= 11 is 0. The zero-order valence-corrected chi connectivity index (χ0v) is 12.3. The van der Waals surface area contributed by atoms with Crippen LogP contribution in [0.4, 0.5) is 0 Å². The molecule has 17 heavy (non-hydrogen) atoms. The molecule has 0 unspecified atom stereocenters. The van der Waals surface area contributed by atoms with Gasteiger partial charge in [0.15, 0.2) is 0 Å². The van der Waals surface area contributed by atoms with Crippen molar-refractivity contribution in [3.8, 4) is 0 Å². The van der Waals surface area contributed by atoms with Crippen molar-refractivity contribution < 1.29 is 0 Å². The average Bonchev–Trinajstić information content (AvgIpc) is 2.30. The number of rotatable bonds is 6. The molecule has 0 heterocycles. The molecular weight excluding hydrogens is 208 g/mol. The van der Waals surface area contributed by atoms with Crippen LogP contribution in [0.15, 0.2) is 0 Å². The molecule has 0 aromatic heterocycles. The predicted octanol–water partition coefficient (Wildman–Crippen LogP) is 3.17.